The Morgan fingerprint density at radius 3 is 2.71 bits per heavy atom. The van der Waals surface area contributed by atoms with Crippen LogP contribution in [0, 0.1) is 0 Å². The van der Waals surface area contributed by atoms with Crippen molar-refractivity contribution < 1.29 is 14.2 Å². The summed E-state index contributed by atoms with van der Waals surface area (Å²) in [7, 11) is 3.36. The van der Waals surface area contributed by atoms with E-state index >= 15 is 0 Å². The van der Waals surface area contributed by atoms with E-state index < -0.39 is 0 Å². The first-order chi connectivity index (χ1) is 13.8. The standard InChI is InChI=1S/C22H25N3O3/c1-26-17-9-7-16(8-10-17)11-23-12-18-13-25-14-20(24-22(25)15-28-18)19-5-3-4-6-21(19)27-2/h3-10,14,18,23H,11-13,15H2,1-2H3/t18-/m0/s1. The van der Waals surface area contributed by atoms with E-state index in [4.69, 9.17) is 19.2 Å². The second-order valence-electron chi connectivity index (χ2n) is 6.81. The van der Waals surface area contributed by atoms with E-state index in [1.807, 2.05) is 36.4 Å². The molecule has 1 aromatic heterocycles. The Balaban J connectivity index is 1.36. The van der Waals surface area contributed by atoms with Gasteiger partial charge in [-0.25, -0.2) is 4.98 Å². The molecule has 6 heteroatoms. The quantitative estimate of drug-likeness (QED) is 0.683. The molecule has 0 amide bonds. The van der Waals surface area contributed by atoms with Crippen LogP contribution in [0.3, 0.4) is 0 Å². The topological polar surface area (TPSA) is 57.5 Å². The number of benzene rings is 2. The average molecular weight is 379 g/mol. The fraction of sp³-hybridized carbons (Fsp3) is 0.318. The van der Waals surface area contributed by atoms with Crippen molar-refractivity contribution in [3.8, 4) is 22.8 Å². The van der Waals surface area contributed by atoms with Gasteiger partial charge in [0.05, 0.1) is 32.6 Å². The summed E-state index contributed by atoms with van der Waals surface area (Å²) in [5.74, 6) is 2.65. The number of nitrogens with zero attached hydrogens (tertiary/aromatic N) is 2. The third kappa shape index (κ3) is 4.03. The molecular weight excluding hydrogens is 354 g/mol. The van der Waals surface area contributed by atoms with Crippen molar-refractivity contribution in [3.63, 3.8) is 0 Å². The van der Waals surface area contributed by atoms with Crippen molar-refractivity contribution >= 4 is 0 Å². The lowest BCUT2D eigenvalue weighted by atomic mass is 10.1. The molecule has 4 rings (SSSR count). The summed E-state index contributed by atoms with van der Waals surface area (Å²) in [6.45, 7) is 2.89. The molecule has 0 bridgehead atoms. The fourth-order valence-corrected chi connectivity index (χ4v) is 3.42. The zero-order valence-electron chi connectivity index (χ0n) is 16.2. The highest BCUT2D eigenvalue weighted by Crippen LogP contribution is 2.30. The summed E-state index contributed by atoms with van der Waals surface area (Å²) in [5.41, 5.74) is 3.14. The van der Waals surface area contributed by atoms with Gasteiger partial charge < -0.3 is 24.1 Å². The van der Waals surface area contributed by atoms with Crippen LogP contribution in [0.25, 0.3) is 11.3 Å². The number of methoxy groups -OCH3 is 2. The predicted molar refractivity (Wildman–Crippen MR) is 107 cm³/mol. The van der Waals surface area contributed by atoms with Crippen molar-refractivity contribution in [2.75, 3.05) is 20.8 Å². The first kappa shape index (κ1) is 18.5. The normalized spacial score (nSPS) is 15.9. The molecule has 146 valence electrons. The van der Waals surface area contributed by atoms with Gasteiger partial charge in [-0.2, -0.15) is 0 Å². The smallest absolute Gasteiger partial charge is 0.135 e. The second-order valence-corrected chi connectivity index (χ2v) is 6.81. The molecular formula is C22H25N3O3. The third-order valence-corrected chi connectivity index (χ3v) is 4.95. The van der Waals surface area contributed by atoms with Crippen LogP contribution in [0.15, 0.2) is 54.7 Å². The Hall–Kier alpha value is -2.83. The number of rotatable bonds is 7. The van der Waals surface area contributed by atoms with E-state index in [1.165, 1.54) is 5.56 Å². The van der Waals surface area contributed by atoms with Gasteiger partial charge in [-0.1, -0.05) is 24.3 Å². The van der Waals surface area contributed by atoms with Gasteiger partial charge in [-0.15, -0.1) is 0 Å². The lowest BCUT2D eigenvalue weighted by Gasteiger charge is -2.24. The highest BCUT2D eigenvalue weighted by atomic mass is 16.5. The lowest BCUT2D eigenvalue weighted by molar-refractivity contribution is 0.00278. The molecule has 2 aromatic carbocycles. The minimum absolute atomic E-state index is 0.116. The SMILES string of the molecule is COc1ccc(CNC[C@H]2Cn3cc(-c4ccccc4OC)nc3CO2)cc1. The Morgan fingerprint density at radius 2 is 1.93 bits per heavy atom. The molecule has 0 aliphatic carbocycles. The van der Waals surface area contributed by atoms with Crippen molar-refractivity contribution in [2.24, 2.45) is 0 Å². The molecule has 2 heterocycles. The molecule has 28 heavy (non-hydrogen) atoms. The Kier molecular flexibility index (Phi) is 5.60. The molecule has 0 radical (unpaired) electrons. The van der Waals surface area contributed by atoms with Crippen LogP contribution in [0.2, 0.25) is 0 Å². The first-order valence-corrected chi connectivity index (χ1v) is 9.41. The van der Waals surface area contributed by atoms with Crippen molar-refractivity contribution in [3.05, 3.63) is 66.1 Å². The summed E-state index contributed by atoms with van der Waals surface area (Å²) < 4.78 is 18.8. The third-order valence-electron chi connectivity index (χ3n) is 4.95. The van der Waals surface area contributed by atoms with Gasteiger partial charge in [-0.3, -0.25) is 0 Å². The Bertz CT molecular complexity index is 921. The number of hydrogen-bond donors (Lipinski definition) is 1. The summed E-state index contributed by atoms with van der Waals surface area (Å²) in [4.78, 5) is 4.73. The van der Waals surface area contributed by atoms with Crippen LogP contribution in [0.1, 0.15) is 11.4 Å². The monoisotopic (exact) mass is 379 g/mol. The maximum absolute atomic E-state index is 5.99. The van der Waals surface area contributed by atoms with Crippen LogP contribution in [-0.2, 0) is 24.4 Å². The number of ether oxygens (including phenoxy) is 3. The number of hydrogen-bond acceptors (Lipinski definition) is 5. The minimum Gasteiger partial charge on any atom is -0.497 e. The van der Waals surface area contributed by atoms with Crippen LogP contribution in [0.5, 0.6) is 11.5 Å². The van der Waals surface area contributed by atoms with Gasteiger partial charge >= 0.3 is 0 Å². The summed E-state index contributed by atoms with van der Waals surface area (Å²) in [5, 5.41) is 3.48. The van der Waals surface area contributed by atoms with Gasteiger partial charge in [0.15, 0.2) is 0 Å². The average Bonchev–Trinajstić information content (AvgIpc) is 3.17. The van der Waals surface area contributed by atoms with Gasteiger partial charge in [-0.05, 0) is 29.8 Å². The number of fused-ring (bicyclic) bond motifs is 1. The molecule has 6 nitrogen and oxygen atoms in total. The zero-order chi connectivity index (χ0) is 19.3. The zero-order valence-corrected chi connectivity index (χ0v) is 16.2. The van der Waals surface area contributed by atoms with Crippen LogP contribution in [-0.4, -0.2) is 36.4 Å². The maximum atomic E-state index is 5.99. The highest BCUT2D eigenvalue weighted by Gasteiger charge is 2.21. The second kappa shape index (κ2) is 8.46. The highest BCUT2D eigenvalue weighted by molar-refractivity contribution is 5.66. The van der Waals surface area contributed by atoms with Crippen LogP contribution < -0.4 is 14.8 Å². The molecule has 0 saturated carbocycles. The minimum atomic E-state index is 0.116. The predicted octanol–water partition coefficient (Wildman–Crippen LogP) is 3.26. The number of para-hydroxylation sites is 1. The van der Waals surface area contributed by atoms with E-state index in [2.05, 4.69) is 28.2 Å². The van der Waals surface area contributed by atoms with E-state index in [0.29, 0.717) is 6.61 Å². The number of aromatic nitrogens is 2. The first-order valence-electron chi connectivity index (χ1n) is 9.41. The van der Waals surface area contributed by atoms with Gasteiger partial charge in [0.25, 0.3) is 0 Å². The van der Waals surface area contributed by atoms with Crippen LogP contribution in [0.4, 0.5) is 0 Å². The van der Waals surface area contributed by atoms with Crippen molar-refractivity contribution in [1.82, 2.24) is 14.9 Å². The van der Waals surface area contributed by atoms with Gasteiger partial charge in [0, 0.05) is 24.8 Å². The summed E-state index contributed by atoms with van der Waals surface area (Å²) in [6.07, 6.45) is 2.21. The van der Waals surface area contributed by atoms with E-state index in [0.717, 1.165) is 48.2 Å². The number of nitrogens with one attached hydrogen (secondary N) is 1. The van der Waals surface area contributed by atoms with Gasteiger partial charge in [0.2, 0.25) is 0 Å². The summed E-state index contributed by atoms with van der Waals surface area (Å²) in [6, 6.07) is 16.0. The molecule has 0 fully saturated rings. The van der Waals surface area contributed by atoms with E-state index in [1.54, 1.807) is 14.2 Å². The molecule has 0 unspecified atom stereocenters. The Morgan fingerprint density at radius 1 is 1.11 bits per heavy atom. The summed E-state index contributed by atoms with van der Waals surface area (Å²) >= 11 is 0. The number of imidazole rings is 1. The molecule has 1 atom stereocenters. The fourth-order valence-electron chi connectivity index (χ4n) is 3.42. The largest absolute Gasteiger partial charge is 0.497 e. The molecule has 0 saturated heterocycles. The Labute approximate surface area is 165 Å². The van der Waals surface area contributed by atoms with E-state index in [-0.39, 0.29) is 6.10 Å². The van der Waals surface area contributed by atoms with E-state index in [9.17, 15) is 0 Å². The van der Waals surface area contributed by atoms with Gasteiger partial charge in [0.1, 0.15) is 23.9 Å². The molecule has 1 aliphatic rings. The van der Waals surface area contributed by atoms with Crippen molar-refractivity contribution in [2.45, 2.75) is 25.8 Å². The van der Waals surface area contributed by atoms with Crippen LogP contribution >= 0.6 is 0 Å². The molecule has 1 aliphatic heterocycles. The lowest BCUT2D eigenvalue weighted by Crippen LogP contribution is -2.35. The van der Waals surface area contributed by atoms with Crippen molar-refractivity contribution in [1.29, 1.82) is 0 Å². The molecule has 1 N–H and O–H groups in total. The molecule has 3 aromatic rings. The maximum Gasteiger partial charge on any atom is 0.135 e. The molecule has 0 spiro atoms.